The number of aromatic nitrogens is 3. The van der Waals surface area contributed by atoms with Crippen molar-refractivity contribution in [3.05, 3.63) is 84.3 Å². The number of amides is 3. The Labute approximate surface area is 257 Å². The molecule has 2 aliphatic rings. The first-order valence-corrected chi connectivity index (χ1v) is 15.0. The smallest absolute Gasteiger partial charge is 0.321 e. The van der Waals surface area contributed by atoms with Crippen molar-refractivity contribution in [1.29, 1.82) is 0 Å². The summed E-state index contributed by atoms with van der Waals surface area (Å²) in [5, 5.41) is 10.2. The van der Waals surface area contributed by atoms with E-state index >= 15 is 0 Å². The first-order valence-electron chi connectivity index (χ1n) is 15.0. The van der Waals surface area contributed by atoms with Crippen molar-refractivity contribution in [3.8, 4) is 22.3 Å². The number of nitrogens with zero attached hydrogens (tertiary/aromatic N) is 6. The Hall–Kier alpha value is -4.74. The second-order valence-electron chi connectivity index (χ2n) is 11.8. The summed E-state index contributed by atoms with van der Waals surface area (Å²) in [4.78, 5) is 36.9. The van der Waals surface area contributed by atoms with Crippen LogP contribution in [0.3, 0.4) is 0 Å². The molecule has 4 heterocycles. The van der Waals surface area contributed by atoms with E-state index in [-0.39, 0.29) is 23.8 Å². The van der Waals surface area contributed by atoms with Crippen LogP contribution in [0.1, 0.15) is 22.3 Å². The number of hydrogen-bond donors (Lipinski definition) is 3. The molecule has 0 spiro atoms. The molecule has 2 fully saturated rings. The maximum atomic E-state index is 13.1. The second kappa shape index (κ2) is 12.9. The molecule has 228 valence electrons. The minimum atomic E-state index is -0.309. The summed E-state index contributed by atoms with van der Waals surface area (Å²) >= 11 is 0. The topological polar surface area (TPSA) is 125 Å². The third-order valence-electron chi connectivity index (χ3n) is 8.41. The molecule has 2 aromatic carbocycles. The van der Waals surface area contributed by atoms with Crippen LogP contribution in [0.4, 0.5) is 16.3 Å². The van der Waals surface area contributed by atoms with E-state index < -0.39 is 0 Å². The average Bonchev–Trinajstić information content (AvgIpc) is 3.68. The maximum Gasteiger partial charge on any atom is 0.321 e. The zero-order valence-electron chi connectivity index (χ0n) is 25.2. The van der Waals surface area contributed by atoms with Crippen LogP contribution in [0.2, 0.25) is 0 Å². The van der Waals surface area contributed by atoms with E-state index in [1.807, 2.05) is 37.5 Å². The third kappa shape index (κ3) is 6.90. The van der Waals surface area contributed by atoms with Crippen LogP contribution in [-0.4, -0.2) is 93.8 Å². The SMILES string of the molecule is CN1CCN(Cc2cccc(-c3ccc(NC(=O)N4CC[C@@H](NC(=O)c5cc(-c6cnn(C)c6)cnc5N)C4)cc3)c2)CC1. The predicted molar refractivity (Wildman–Crippen MR) is 172 cm³/mol. The Kier molecular flexibility index (Phi) is 8.58. The Morgan fingerprint density at radius 1 is 0.909 bits per heavy atom. The predicted octanol–water partition coefficient (Wildman–Crippen LogP) is 3.51. The van der Waals surface area contributed by atoms with Gasteiger partial charge in [0, 0.05) is 88.1 Å². The van der Waals surface area contributed by atoms with Gasteiger partial charge < -0.3 is 26.2 Å². The van der Waals surface area contributed by atoms with Gasteiger partial charge in [-0.15, -0.1) is 0 Å². The van der Waals surface area contributed by atoms with E-state index in [1.54, 1.807) is 28.0 Å². The standard InChI is InChI=1S/C33H39N9O2/c1-39-12-14-41(15-13-39)20-23-4-3-5-25(16-23)24-6-8-28(9-7-24)38-33(44)42-11-10-29(22-42)37-32(43)30-17-26(18-35-31(30)34)27-19-36-40(2)21-27/h3-9,16-19,21,29H,10-15,20,22H2,1-2H3,(H2,34,35)(H,37,43)(H,38,44)/t29-/m1/s1. The molecule has 4 N–H and O–H groups in total. The van der Waals surface area contributed by atoms with Crippen LogP contribution >= 0.6 is 0 Å². The van der Waals surface area contributed by atoms with Gasteiger partial charge in [0.15, 0.2) is 0 Å². The minimum absolute atomic E-state index is 0.160. The van der Waals surface area contributed by atoms with Gasteiger partial charge in [0.2, 0.25) is 0 Å². The quantitative estimate of drug-likeness (QED) is 0.300. The number of likely N-dealkylation sites (tertiary alicyclic amines) is 1. The number of carbonyl (C=O) groups excluding carboxylic acids is 2. The van der Waals surface area contributed by atoms with E-state index in [2.05, 4.69) is 61.8 Å². The molecule has 0 radical (unpaired) electrons. The van der Waals surface area contributed by atoms with Crippen LogP contribution in [0.5, 0.6) is 0 Å². The van der Waals surface area contributed by atoms with Gasteiger partial charge in [-0.25, -0.2) is 9.78 Å². The number of hydrogen-bond acceptors (Lipinski definition) is 7. The highest BCUT2D eigenvalue weighted by Crippen LogP contribution is 2.25. The molecule has 0 unspecified atom stereocenters. The summed E-state index contributed by atoms with van der Waals surface area (Å²) in [5.41, 5.74) is 12.2. The molecule has 2 aromatic heterocycles. The lowest BCUT2D eigenvalue weighted by Gasteiger charge is -2.32. The fourth-order valence-electron chi connectivity index (χ4n) is 5.77. The maximum absolute atomic E-state index is 13.1. The molecule has 0 bridgehead atoms. The monoisotopic (exact) mass is 593 g/mol. The van der Waals surface area contributed by atoms with Crippen molar-refractivity contribution in [2.24, 2.45) is 7.05 Å². The Balaban J connectivity index is 1.02. The van der Waals surface area contributed by atoms with Gasteiger partial charge in [-0.2, -0.15) is 5.10 Å². The number of benzene rings is 2. The van der Waals surface area contributed by atoms with Gasteiger partial charge in [0.05, 0.1) is 11.8 Å². The highest BCUT2D eigenvalue weighted by Gasteiger charge is 2.28. The summed E-state index contributed by atoms with van der Waals surface area (Å²) in [6.45, 7) is 6.29. The lowest BCUT2D eigenvalue weighted by atomic mass is 10.0. The molecule has 11 nitrogen and oxygen atoms in total. The Morgan fingerprint density at radius 2 is 1.70 bits per heavy atom. The lowest BCUT2D eigenvalue weighted by Crippen LogP contribution is -2.43. The van der Waals surface area contributed by atoms with Crippen LogP contribution in [0, 0.1) is 0 Å². The highest BCUT2D eigenvalue weighted by molar-refractivity contribution is 5.99. The molecular weight excluding hydrogens is 554 g/mol. The number of aryl methyl sites for hydroxylation is 1. The van der Waals surface area contributed by atoms with Crippen molar-refractivity contribution in [1.82, 2.24) is 34.8 Å². The number of pyridine rings is 1. The van der Waals surface area contributed by atoms with Gasteiger partial charge in [-0.3, -0.25) is 14.4 Å². The zero-order chi connectivity index (χ0) is 30.6. The number of urea groups is 1. The summed E-state index contributed by atoms with van der Waals surface area (Å²) in [5.74, 6) is -0.149. The van der Waals surface area contributed by atoms with Crippen molar-refractivity contribution in [2.45, 2.75) is 19.0 Å². The van der Waals surface area contributed by atoms with Gasteiger partial charge in [-0.05, 0) is 54.4 Å². The lowest BCUT2D eigenvalue weighted by molar-refractivity contribution is 0.0938. The van der Waals surface area contributed by atoms with Crippen LogP contribution in [0.15, 0.2) is 73.2 Å². The summed E-state index contributed by atoms with van der Waals surface area (Å²) in [6, 6.07) is 18.0. The molecule has 44 heavy (non-hydrogen) atoms. The average molecular weight is 594 g/mol. The second-order valence-corrected chi connectivity index (χ2v) is 11.8. The normalized spacial score (nSPS) is 17.5. The highest BCUT2D eigenvalue weighted by atomic mass is 16.2. The Morgan fingerprint density at radius 3 is 2.45 bits per heavy atom. The molecule has 3 amide bonds. The van der Waals surface area contributed by atoms with E-state index in [0.29, 0.717) is 25.1 Å². The van der Waals surface area contributed by atoms with Crippen LogP contribution in [0.25, 0.3) is 22.3 Å². The van der Waals surface area contributed by atoms with E-state index in [0.717, 1.165) is 60.7 Å². The number of piperazine rings is 1. The molecule has 11 heteroatoms. The van der Waals surface area contributed by atoms with Crippen LogP contribution in [-0.2, 0) is 13.6 Å². The number of carbonyl (C=O) groups is 2. The fourth-order valence-corrected chi connectivity index (χ4v) is 5.77. The molecular formula is C33H39N9O2. The number of nitrogens with two attached hydrogens (primary N) is 1. The van der Waals surface area contributed by atoms with Crippen molar-refractivity contribution >= 4 is 23.4 Å². The van der Waals surface area contributed by atoms with Crippen molar-refractivity contribution < 1.29 is 9.59 Å². The number of anilines is 2. The zero-order valence-corrected chi connectivity index (χ0v) is 25.2. The number of nitrogens with one attached hydrogen (secondary N) is 2. The van der Waals surface area contributed by atoms with E-state index in [1.165, 1.54) is 5.56 Å². The molecule has 1 atom stereocenters. The molecule has 0 aliphatic carbocycles. The molecule has 0 saturated carbocycles. The largest absolute Gasteiger partial charge is 0.383 e. The van der Waals surface area contributed by atoms with Gasteiger partial charge in [0.25, 0.3) is 5.91 Å². The summed E-state index contributed by atoms with van der Waals surface area (Å²) in [6.07, 6.45) is 5.84. The van der Waals surface area contributed by atoms with E-state index in [4.69, 9.17) is 5.73 Å². The number of rotatable bonds is 7. The first kappa shape index (κ1) is 29.3. The van der Waals surface area contributed by atoms with Crippen molar-refractivity contribution in [3.63, 3.8) is 0 Å². The summed E-state index contributed by atoms with van der Waals surface area (Å²) in [7, 11) is 4.00. The molecule has 2 saturated heterocycles. The van der Waals surface area contributed by atoms with Gasteiger partial charge >= 0.3 is 6.03 Å². The first-order chi connectivity index (χ1) is 21.3. The Bertz CT molecular complexity index is 1630. The molecule has 6 rings (SSSR count). The fraction of sp³-hybridized carbons (Fsp3) is 0.333. The van der Waals surface area contributed by atoms with Crippen molar-refractivity contribution in [2.75, 3.05) is 57.4 Å². The van der Waals surface area contributed by atoms with Gasteiger partial charge in [0.1, 0.15) is 5.82 Å². The number of nitrogen functional groups attached to an aromatic ring is 1. The number of likely N-dealkylation sites (N-methyl/N-ethyl adjacent to an activating group) is 1. The van der Waals surface area contributed by atoms with Gasteiger partial charge in [-0.1, -0.05) is 30.3 Å². The third-order valence-corrected chi connectivity index (χ3v) is 8.41. The van der Waals surface area contributed by atoms with Crippen LogP contribution < -0.4 is 16.4 Å². The molecule has 4 aromatic rings. The summed E-state index contributed by atoms with van der Waals surface area (Å²) < 4.78 is 1.69. The minimum Gasteiger partial charge on any atom is -0.383 e. The van der Waals surface area contributed by atoms with E-state index in [9.17, 15) is 9.59 Å². The molecule has 2 aliphatic heterocycles.